The van der Waals surface area contributed by atoms with Crippen LogP contribution in [0.2, 0.25) is 0 Å². The SMILES string of the molecule is O=c1/c(=C\c2ccc(O)cc2)sc2n1[C@@H](c1ccccc1)C1=C(N=2)c2ccccc2CC1. The van der Waals surface area contributed by atoms with Crippen LogP contribution in [0.3, 0.4) is 0 Å². The van der Waals surface area contributed by atoms with E-state index in [0.717, 1.165) is 34.5 Å². The van der Waals surface area contributed by atoms with Gasteiger partial charge in [-0.05, 0) is 53.3 Å². The summed E-state index contributed by atoms with van der Waals surface area (Å²) in [5.41, 5.74) is 6.65. The second-order valence-electron chi connectivity index (χ2n) is 8.12. The third kappa shape index (κ3) is 3.05. The lowest BCUT2D eigenvalue weighted by molar-refractivity contribution is 0.475. The van der Waals surface area contributed by atoms with E-state index in [4.69, 9.17) is 4.99 Å². The molecule has 1 N–H and O–H groups in total. The summed E-state index contributed by atoms with van der Waals surface area (Å²) in [6.45, 7) is 0. The molecule has 156 valence electrons. The van der Waals surface area contributed by atoms with Crippen LogP contribution in [0, 0.1) is 0 Å². The van der Waals surface area contributed by atoms with Gasteiger partial charge in [-0.2, -0.15) is 0 Å². The Morgan fingerprint density at radius 3 is 2.50 bits per heavy atom. The molecule has 0 saturated heterocycles. The van der Waals surface area contributed by atoms with Crippen LogP contribution < -0.4 is 14.9 Å². The predicted molar refractivity (Wildman–Crippen MR) is 127 cm³/mol. The number of phenols is 1. The van der Waals surface area contributed by atoms with E-state index in [1.165, 1.54) is 28.0 Å². The topological polar surface area (TPSA) is 54.6 Å². The molecular formula is C27H20N2O2S. The fourth-order valence-electron chi connectivity index (χ4n) is 4.68. The highest BCUT2D eigenvalue weighted by molar-refractivity contribution is 7.07. The van der Waals surface area contributed by atoms with Crippen molar-refractivity contribution >= 4 is 23.1 Å². The molecule has 0 unspecified atom stereocenters. The van der Waals surface area contributed by atoms with Crippen molar-refractivity contribution in [2.24, 2.45) is 4.99 Å². The van der Waals surface area contributed by atoms with Crippen LogP contribution in [0.25, 0.3) is 11.8 Å². The lowest BCUT2D eigenvalue weighted by Gasteiger charge is -2.30. The molecule has 0 fully saturated rings. The number of hydrogen-bond acceptors (Lipinski definition) is 4. The van der Waals surface area contributed by atoms with Gasteiger partial charge in [0.15, 0.2) is 4.80 Å². The Morgan fingerprint density at radius 2 is 1.69 bits per heavy atom. The van der Waals surface area contributed by atoms with E-state index in [0.29, 0.717) is 4.53 Å². The molecule has 1 aromatic heterocycles. The smallest absolute Gasteiger partial charge is 0.271 e. The van der Waals surface area contributed by atoms with Crippen LogP contribution in [0.5, 0.6) is 5.75 Å². The van der Waals surface area contributed by atoms with Gasteiger partial charge in [0.25, 0.3) is 5.56 Å². The minimum atomic E-state index is -0.155. The second kappa shape index (κ2) is 7.46. The van der Waals surface area contributed by atoms with Crippen molar-refractivity contribution in [2.75, 3.05) is 0 Å². The summed E-state index contributed by atoms with van der Waals surface area (Å²) < 4.78 is 2.50. The first kappa shape index (κ1) is 19.0. The number of aromatic hydroxyl groups is 1. The molecule has 0 amide bonds. The first-order valence-corrected chi connectivity index (χ1v) is 11.5. The van der Waals surface area contributed by atoms with Crippen LogP contribution in [0.4, 0.5) is 0 Å². The molecule has 1 aliphatic carbocycles. The number of allylic oxidation sites excluding steroid dienone is 1. The zero-order chi connectivity index (χ0) is 21.7. The summed E-state index contributed by atoms with van der Waals surface area (Å²) in [5.74, 6) is 0.207. The average molecular weight is 437 g/mol. The maximum Gasteiger partial charge on any atom is 0.271 e. The van der Waals surface area contributed by atoms with E-state index >= 15 is 0 Å². The van der Waals surface area contributed by atoms with Gasteiger partial charge in [-0.1, -0.05) is 78.1 Å². The molecule has 6 rings (SSSR count). The van der Waals surface area contributed by atoms with Gasteiger partial charge < -0.3 is 5.11 Å². The summed E-state index contributed by atoms with van der Waals surface area (Å²) in [5, 5.41) is 9.57. The Balaban J connectivity index is 1.62. The number of thiazole rings is 1. The summed E-state index contributed by atoms with van der Waals surface area (Å²) >= 11 is 1.42. The lowest BCUT2D eigenvalue weighted by Crippen LogP contribution is -2.38. The molecule has 4 aromatic rings. The molecule has 0 saturated carbocycles. The van der Waals surface area contributed by atoms with Crippen LogP contribution in [-0.2, 0) is 6.42 Å². The number of benzene rings is 3. The van der Waals surface area contributed by atoms with Gasteiger partial charge in [0.1, 0.15) is 5.75 Å². The number of phenolic OH excluding ortho intramolecular Hbond substituents is 1. The highest BCUT2D eigenvalue weighted by Crippen LogP contribution is 2.41. The van der Waals surface area contributed by atoms with Crippen molar-refractivity contribution in [1.29, 1.82) is 0 Å². The van der Waals surface area contributed by atoms with Crippen molar-refractivity contribution in [2.45, 2.75) is 18.9 Å². The third-order valence-corrected chi connectivity index (χ3v) is 7.16. The highest BCUT2D eigenvalue weighted by Gasteiger charge is 2.32. The molecule has 3 aromatic carbocycles. The van der Waals surface area contributed by atoms with Gasteiger partial charge in [-0.3, -0.25) is 9.36 Å². The molecule has 2 heterocycles. The average Bonchev–Trinajstić information content (AvgIpc) is 3.14. The predicted octanol–water partition coefficient (Wildman–Crippen LogP) is 4.02. The van der Waals surface area contributed by atoms with Crippen LogP contribution in [0.1, 0.15) is 34.7 Å². The molecule has 1 aliphatic heterocycles. The molecule has 0 radical (unpaired) electrons. The summed E-state index contributed by atoms with van der Waals surface area (Å²) in [6, 6.07) is 25.4. The third-order valence-electron chi connectivity index (χ3n) is 6.18. The van der Waals surface area contributed by atoms with Crippen molar-refractivity contribution < 1.29 is 5.11 Å². The van der Waals surface area contributed by atoms with E-state index in [9.17, 15) is 9.90 Å². The monoisotopic (exact) mass is 436 g/mol. The number of hydrogen-bond donors (Lipinski definition) is 1. The number of aromatic nitrogens is 1. The van der Waals surface area contributed by atoms with E-state index in [1.54, 1.807) is 12.1 Å². The molecule has 5 heteroatoms. The summed E-state index contributed by atoms with van der Waals surface area (Å²) in [7, 11) is 0. The number of fused-ring (bicyclic) bond motifs is 3. The van der Waals surface area contributed by atoms with E-state index in [2.05, 4.69) is 36.4 Å². The largest absolute Gasteiger partial charge is 0.508 e. The minimum Gasteiger partial charge on any atom is -0.508 e. The van der Waals surface area contributed by atoms with E-state index in [-0.39, 0.29) is 17.4 Å². The number of rotatable bonds is 2. The Bertz CT molecular complexity index is 1540. The fraction of sp³-hybridized carbons (Fsp3) is 0.111. The fourth-order valence-corrected chi connectivity index (χ4v) is 5.68. The first-order valence-electron chi connectivity index (χ1n) is 10.7. The van der Waals surface area contributed by atoms with Crippen LogP contribution in [-0.4, -0.2) is 9.67 Å². The first-order chi connectivity index (χ1) is 15.7. The Labute approximate surface area is 188 Å². The van der Waals surface area contributed by atoms with Crippen molar-refractivity contribution in [3.05, 3.63) is 126 Å². The maximum absolute atomic E-state index is 13.6. The van der Waals surface area contributed by atoms with Gasteiger partial charge in [-0.15, -0.1) is 0 Å². The van der Waals surface area contributed by atoms with E-state index in [1.807, 2.05) is 41.0 Å². The minimum absolute atomic E-state index is 0.0268. The van der Waals surface area contributed by atoms with Crippen LogP contribution >= 0.6 is 11.3 Å². The van der Waals surface area contributed by atoms with E-state index < -0.39 is 0 Å². The molecule has 1 atom stereocenters. The van der Waals surface area contributed by atoms with Crippen LogP contribution in [0.15, 0.2) is 94.2 Å². The summed E-state index contributed by atoms with van der Waals surface area (Å²) in [4.78, 5) is 19.3. The Kier molecular flexibility index (Phi) is 4.44. The quantitative estimate of drug-likeness (QED) is 0.516. The molecule has 4 nitrogen and oxygen atoms in total. The van der Waals surface area contributed by atoms with Crippen molar-refractivity contribution in [1.82, 2.24) is 4.57 Å². The number of aryl methyl sites for hydroxylation is 1. The zero-order valence-corrected chi connectivity index (χ0v) is 18.0. The molecule has 0 bridgehead atoms. The normalized spacial score (nSPS) is 17.4. The van der Waals surface area contributed by atoms with Gasteiger partial charge in [0.2, 0.25) is 0 Å². The summed E-state index contributed by atoms with van der Waals surface area (Å²) in [6.07, 6.45) is 3.71. The Hall–Kier alpha value is -3.70. The maximum atomic E-state index is 13.6. The van der Waals surface area contributed by atoms with Crippen molar-refractivity contribution in [3.63, 3.8) is 0 Å². The van der Waals surface area contributed by atoms with Gasteiger partial charge >= 0.3 is 0 Å². The molecular weight excluding hydrogens is 416 g/mol. The molecule has 0 spiro atoms. The molecule has 32 heavy (non-hydrogen) atoms. The highest BCUT2D eigenvalue weighted by atomic mass is 32.1. The standard InChI is InChI=1S/C27H20N2O2S/c30-20-13-10-17(11-14-20)16-23-26(31)29-25(19-7-2-1-3-8-19)22-15-12-18-6-4-5-9-21(18)24(22)28-27(29)32-23/h1-11,13-14,16,25,30H,12,15H2/b23-16+/t25-/m0/s1. The van der Waals surface area contributed by atoms with Crippen molar-refractivity contribution in [3.8, 4) is 5.75 Å². The Morgan fingerprint density at radius 1 is 0.938 bits per heavy atom. The lowest BCUT2D eigenvalue weighted by atomic mass is 9.83. The second-order valence-corrected chi connectivity index (χ2v) is 9.13. The van der Waals surface area contributed by atoms with Gasteiger partial charge in [0, 0.05) is 5.56 Å². The number of nitrogens with zero attached hydrogens (tertiary/aromatic N) is 2. The molecule has 2 aliphatic rings. The van der Waals surface area contributed by atoms with Gasteiger partial charge in [0.05, 0.1) is 16.3 Å². The van der Waals surface area contributed by atoms with Gasteiger partial charge in [-0.25, -0.2) is 4.99 Å². The zero-order valence-electron chi connectivity index (χ0n) is 17.2.